The summed E-state index contributed by atoms with van der Waals surface area (Å²) in [6.07, 6.45) is 0. The second-order valence-corrected chi connectivity index (χ2v) is 6.49. The Morgan fingerprint density at radius 1 is 0.826 bits per heavy atom. The molecule has 0 saturated heterocycles. The fourth-order valence-corrected chi connectivity index (χ4v) is 3.28. The van der Waals surface area contributed by atoms with Crippen LogP contribution in [-0.2, 0) is 5.75 Å². The Labute approximate surface area is 141 Å². The number of ketones is 1. The number of carbonyl (C=O) groups excluding carboxylic acids is 1. The molecule has 2 heteroatoms. The van der Waals surface area contributed by atoms with Gasteiger partial charge in [0.2, 0.25) is 0 Å². The van der Waals surface area contributed by atoms with Crippen LogP contribution in [0.2, 0.25) is 0 Å². The summed E-state index contributed by atoms with van der Waals surface area (Å²) in [4.78, 5) is 13.7. The van der Waals surface area contributed by atoms with Crippen LogP contribution < -0.4 is 0 Å². The molecule has 3 rings (SSSR count). The fourth-order valence-electron chi connectivity index (χ4n) is 2.43. The summed E-state index contributed by atoms with van der Waals surface area (Å²) >= 11 is 1.78. The number of hydrogen-bond donors (Lipinski definition) is 0. The van der Waals surface area contributed by atoms with E-state index in [4.69, 9.17) is 0 Å². The van der Waals surface area contributed by atoms with E-state index in [-0.39, 0.29) is 5.78 Å². The summed E-state index contributed by atoms with van der Waals surface area (Å²) < 4.78 is 0. The van der Waals surface area contributed by atoms with Gasteiger partial charge in [-0.15, -0.1) is 11.8 Å². The van der Waals surface area contributed by atoms with E-state index in [1.807, 2.05) is 61.5 Å². The van der Waals surface area contributed by atoms with Crippen molar-refractivity contribution in [1.82, 2.24) is 0 Å². The zero-order valence-electron chi connectivity index (χ0n) is 13.0. The van der Waals surface area contributed by atoms with Crippen molar-refractivity contribution in [3.63, 3.8) is 0 Å². The number of rotatable bonds is 5. The Morgan fingerprint density at radius 2 is 1.48 bits per heavy atom. The van der Waals surface area contributed by atoms with E-state index in [0.29, 0.717) is 0 Å². The van der Waals surface area contributed by atoms with Crippen LogP contribution in [-0.4, -0.2) is 5.78 Å². The third kappa shape index (κ3) is 3.91. The van der Waals surface area contributed by atoms with Crippen molar-refractivity contribution in [2.75, 3.05) is 0 Å². The van der Waals surface area contributed by atoms with E-state index in [1.54, 1.807) is 11.8 Å². The maximum Gasteiger partial charge on any atom is 0.193 e. The molecular formula is C21H18OS. The Morgan fingerprint density at radius 3 is 2.17 bits per heavy atom. The molecule has 0 aliphatic rings. The standard InChI is InChI=1S/C21H18OS/c1-16-7-5-6-10-20(16)21(22)18-11-13-19(14-12-18)23-15-17-8-3-2-4-9-17/h2-14H,15H2,1H3. The van der Waals surface area contributed by atoms with Crippen LogP contribution in [0.15, 0.2) is 83.8 Å². The lowest BCUT2D eigenvalue weighted by Gasteiger charge is -2.06. The molecule has 0 heterocycles. The van der Waals surface area contributed by atoms with Crippen LogP contribution in [0.1, 0.15) is 27.0 Å². The summed E-state index contributed by atoms with van der Waals surface area (Å²) in [5.74, 6) is 1.02. The van der Waals surface area contributed by atoms with Gasteiger partial charge in [-0.1, -0.05) is 54.6 Å². The van der Waals surface area contributed by atoms with Crippen molar-refractivity contribution in [2.45, 2.75) is 17.6 Å². The normalized spacial score (nSPS) is 10.5. The fraction of sp³-hybridized carbons (Fsp3) is 0.0952. The monoisotopic (exact) mass is 318 g/mol. The van der Waals surface area contributed by atoms with Crippen LogP contribution in [0.25, 0.3) is 0 Å². The minimum absolute atomic E-state index is 0.0858. The van der Waals surface area contributed by atoms with Gasteiger partial charge in [-0.2, -0.15) is 0 Å². The molecule has 0 saturated carbocycles. The third-order valence-corrected chi connectivity index (χ3v) is 4.84. The number of aryl methyl sites for hydroxylation is 1. The lowest BCUT2D eigenvalue weighted by molar-refractivity contribution is 0.103. The molecule has 0 amide bonds. The number of carbonyl (C=O) groups is 1. The highest BCUT2D eigenvalue weighted by Gasteiger charge is 2.10. The summed E-state index contributed by atoms with van der Waals surface area (Å²) in [5, 5.41) is 0. The molecule has 1 nitrogen and oxygen atoms in total. The lowest BCUT2D eigenvalue weighted by Crippen LogP contribution is -2.03. The van der Waals surface area contributed by atoms with Gasteiger partial charge in [0, 0.05) is 21.8 Å². The van der Waals surface area contributed by atoms with Crippen molar-refractivity contribution < 1.29 is 4.79 Å². The van der Waals surface area contributed by atoms with Crippen molar-refractivity contribution in [3.8, 4) is 0 Å². The zero-order chi connectivity index (χ0) is 16.1. The summed E-state index contributed by atoms with van der Waals surface area (Å²) in [7, 11) is 0. The SMILES string of the molecule is Cc1ccccc1C(=O)c1ccc(SCc2ccccc2)cc1. The van der Waals surface area contributed by atoms with Crippen LogP contribution in [0.5, 0.6) is 0 Å². The van der Waals surface area contributed by atoms with Gasteiger partial charge < -0.3 is 0 Å². The van der Waals surface area contributed by atoms with E-state index in [0.717, 1.165) is 22.4 Å². The second-order valence-electron chi connectivity index (χ2n) is 5.44. The van der Waals surface area contributed by atoms with E-state index in [9.17, 15) is 4.79 Å². The van der Waals surface area contributed by atoms with Crippen molar-refractivity contribution >= 4 is 17.5 Å². The first-order chi connectivity index (χ1) is 11.2. The smallest absolute Gasteiger partial charge is 0.193 e. The molecule has 0 aromatic heterocycles. The Balaban J connectivity index is 1.70. The molecule has 0 N–H and O–H groups in total. The predicted molar refractivity (Wildman–Crippen MR) is 97.1 cm³/mol. The number of thioether (sulfide) groups is 1. The predicted octanol–water partition coefficient (Wildman–Crippen LogP) is 5.52. The Bertz CT molecular complexity index is 792. The molecule has 3 aromatic rings. The minimum atomic E-state index is 0.0858. The maximum absolute atomic E-state index is 12.6. The molecule has 0 fully saturated rings. The molecule has 114 valence electrons. The van der Waals surface area contributed by atoms with Crippen LogP contribution in [0.4, 0.5) is 0 Å². The van der Waals surface area contributed by atoms with Crippen LogP contribution in [0, 0.1) is 6.92 Å². The van der Waals surface area contributed by atoms with Gasteiger partial charge in [-0.25, -0.2) is 0 Å². The third-order valence-electron chi connectivity index (χ3n) is 3.75. The van der Waals surface area contributed by atoms with Crippen LogP contribution >= 0.6 is 11.8 Å². The van der Waals surface area contributed by atoms with E-state index < -0.39 is 0 Å². The first kappa shape index (κ1) is 15.6. The first-order valence-corrected chi connectivity index (χ1v) is 8.60. The van der Waals surface area contributed by atoms with E-state index in [1.165, 1.54) is 10.5 Å². The minimum Gasteiger partial charge on any atom is -0.289 e. The van der Waals surface area contributed by atoms with Crippen molar-refractivity contribution in [3.05, 3.63) is 101 Å². The average molecular weight is 318 g/mol. The molecule has 0 bridgehead atoms. The summed E-state index contributed by atoms with van der Waals surface area (Å²) in [6, 6.07) is 26.0. The molecule has 23 heavy (non-hydrogen) atoms. The topological polar surface area (TPSA) is 17.1 Å². The van der Waals surface area contributed by atoms with Gasteiger partial charge in [0.25, 0.3) is 0 Å². The molecule has 3 aromatic carbocycles. The van der Waals surface area contributed by atoms with Gasteiger partial charge in [-0.05, 0) is 42.3 Å². The van der Waals surface area contributed by atoms with E-state index in [2.05, 4.69) is 24.3 Å². The van der Waals surface area contributed by atoms with Gasteiger partial charge in [0.1, 0.15) is 0 Å². The Kier molecular flexibility index (Phi) is 4.94. The lowest BCUT2D eigenvalue weighted by atomic mass is 9.99. The van der Waals surface area contributed by atoms with Crippen molar-refractivity contribution in [2.24, 2.45) is 0 Å². The quantitative estimate of drug-likeness (QED) is 0.455. The number of hydrogen-bond acceptors (Lipinski definition) is 2. The van der Waals surface area contributed by atoms with Gasteiger partial charge >= 0.3 is 0 Å². The highest BCUT2D eigenvalue weighted by Crippen LogP contribution is 2.24. The Hall–Kier alpha value is -2.32. The molecule has 0 atom stereocenters. The molecule has 0 unspecified atom stereocenters. The van der Waals surface area contributed by atoms with Gasteiger partial charge in [0.05, 0.1) is 0 Å². The molecule has 0 aliphatic carbocycles. The van der Waals surface area contributed by atoms with E-state index >= 15 is 0 Å². The molecule has 0 aliphatic heterocycles. The van der Waals surface area contributed by atoms with Crippen molar-refractivity contribution in [1.29, 1.82) is 0 Å². The maximum atomic E-state index is 12.6. The summed E-state index contributed by atoms with van der Waals surface area (Å²) in [5.41, 5.74) is 3.83. The summed E-state index contributed by atoms with van der Waals surface area (Å²) in [6.45, 7) is 1.97. The molecular weight excluding hydrogens is 300 g/mol. The largest absolute Gasteiger partial charge is 0.289 e. The van der Waals surface area contributed by atoms with Gasteiger partial charge in [-0.3, -0.25) is 4.79 Å². The highest BCUT2D eigenvalue weighted by molar-refractivity contribution is 7.98. The van der Waals surface area contributed by atoms with Gasteiger partial charge in [0.15, 0.2) is 5.78 Å². The second kappa shape index (κ2) is 7.30. The zero-order valence-corrected chi connectivity index (χ0v) is 13.8. The first-order valence-electron chi connectivity index (χ1n) is 7.61. The average Bonchev–Trinajstić information content (AvgIpc) is 2.61. The van der Waals surface area contributed by atoms with Crippen LogP contribution in [0.3, 0.4) is 0 Å². The number of benzene rings is 3. The molecule has 0 spiro atoms. The highest BCUT2D eigenvalue weighted by atomic mass is 32.2. The molecule has 0 radical (unpaired) electrons.